The van der Waals surface area contributed by atoms with Gasteiger partial charge in [0.15, 0.2) is 0 Å². The van der Waals surface area contributed by atoms with Crippen LogP contribution in [0.4, 0.5) is 5.69 Å². The summed E-state index contributed by atoms with van der Waals surface area (Å²) in [6.45, 7) is 3.36. The standard InChI is InChI=1S/C13H17N3O2/c1-13(2)12(18)15-10(11(17)16-13)7-8-3-5-9(14)6-4-8/h3-6,10H,7,14H2,1-2H3,(H,15,18)(H,16,17). The predicted molar refractivity (Wildman–Crippen MR) is 68.7 cm³/mol. The number of rotatable bonds is 2. The predicted octanol–water partition coefficient (Wildman–Crippen LogP) is 0.204. The highest BCUT2D eigenvalue weighted by Gasteiger charge is 2.39. The Morgan fingerprint density at radius 2 is 1.83 bits per heavy atom. The third-order valence-electron chi connectivity index (χ3n) is 3.04. The minimum atomic E-state index is -0.839. The van der Waals surface area contributed by atoms with Crippen molar-refractivity contribution in [1.82, 2.24) is 10.6 Å². The number of nitrogens with one attached hydrogen (secondary N) is 2. The summed E-state index contributed by atoms with van der Waals surface area (Å²) in [4.78, 5) is 23.6. The van der Waals surface area contributed by atoms with Gasteiger partial charge >= 0.3 is 0 Å². The molecule has 5 nitrogen and oxygen atoms in total. The normalized spacial score (nSPS) is 22.2. The van der Waals surface area contributed by atoms with E-state index >= 15 is 0 Å². The molecule has 0 bridgehead atoms. The largest absolute Gasteiger partial charge is 0.399 e. The van der Waals surface area contributed by atoms with Crippen molar-refractivity contribution in [2.24, 2.45) is 0 Å². The highest BCUT2D eigenvalue weighted by molar-refractivity contribution is 5.99. The zero-order chi connectivity index (χ0) is 13.3. The molecule has 1 aliphatic heterocycles. The number of anilines is 1. The van der Waals surface area contributed by atoms with Gasteiger partial charge in [0.25, 0.3) is 0 Å². The molecule has 2 amide bonds. The van der Waals surface area contributed by atoms with E-state index < -0.39 is 11.6 Å². The molecule has 96 valence electrons. The van der Waals surface area contributed by atoms with Crippen LogP contribution in [-0.2, 0) is 16.0 Å². The molecule has 1 aromatic carbocycles. The first-order chi connectivity index (χ1) is 8.38. The van der Waals surface area contributed by atoms with Gasteiger partial charge in [0, 0.05) is 12.1 Å². The Morgan fingerprint density at radius 1 is 1.22 bits per heavy atom. The maximum atomic E-state index is 11.9. The van der Waals surface area contributed by atoms with Gasteiger partial charge in [-0.25, -0.2) is 0 Å². The quantitative estimate of drug-likeness (QED) is 0.653. The number of piperazine rings is 1. The number of nitrogen functional groups attached to an aromatic ring is 1. The minimum absolute atomic E-state index is 0.156. The molecule has 1 atom stereocenters. The van der Waals surface area contributed by atoms with E-state index in [4.69, 9.17) is 5.73 Å². The molecule has 0 aliphatic carbocycles. The zero-order valence-electron chi connectivity index (χ0n) is 10.5. The lowest BCUT2D eigenvalue weighted by molar-refractivity contribution is -0.140. The maximum Gasteiger partial charge on any atom is 0.245 e. The fourth-order valence-corrected chi connectivity index (χ4v) is 1.89. The van der Waals surface area contributed by atoms with Gasteiger partial charge in [-0.2, -0.15) is 0 Å². The third-order valence-corrected chi connectivity index (χ3v) is 3.04. The van der Waals surface area contributed by atoms with E-state index in [1.165, 1.54) is 0 Å². The van der Waals surface area contributed by atoms with E-state index in [1.807, 2.05) is 12.1 Å². The van der Waals surface area contributed by atoms with Crippen LogP contribution in [0.25, 0.3) is 0 Å². The van der Waals surface area contributed by atoms with E-state index in [1.54, 1.807) is 26.0 Å². The van der Waals surface area contributed by atoms with Crippen molar-refractivity contribution in [3.63, 3.8) is 0 Å². The van der Waals surface area contributed by atoms with Gasteiger partial charge in [0.1, 0.15) is 11.6 Å². The third kappa shape index (κ3) is 2.45. The molecule has 1 fully saturated rings. The topological polar surface area (TPSA) is 84.2 Å². The molecule has 4 N–H and O–H groups in total. The fourth-order valence-electron chi connectivity index (χ4n) is 1.89. The fraction of sp³-hybridized carbons (Fsp3) is 0.385. The summed E-state index contributed by atoms with van der Waals surface area (Å²) >= 11 is 0. The van der Waals surface area contributed by atoms with E-state index in [2.05, 4.69) is 10.6 Å². The number of carbonyl (C=O) groups excluding carboxylic acids is 2. The molecular formula is C13H17N3O2. The Balaban J connectivity index is 2.09. The van der Waals surface area contributed by atoms with Gasteiger partial charge in [-0.3, -0.25) is 9.59 Å². The van der Waals surface area contributed by atoms with Crippen molar-refractivity contribution in [3.8, 4) is 0 Å². The lowest BCUT2D eigenvalue weighted by atomic mass is 9.96. The van der Waals surface area contributed by atoms with Crippen molar-refractivity contribution in [2.75, 3.05) is 5.73 Å². The van der Waals surface area contributed by atoms with Crippen molar-refractivity contribution < 1.29 is 9.59 Å². The summed E-state index contributed by atoms with van der Waals surface area (Å²) < 4.78 is 0. The number of hydrogen-bond donors (Lipinski definition) is 3. The maximum absolute atomic E-state index is 11.9. The van der Waals surface area contributed by atoms with Crippen LogP contribution in [0.5, 0.6) is 0 Å². The second-order valence-corrected chi connectivity index (χ2v) is 5.09. The summed E-state index contributed by atoms with van der Waals surface area (Å²) in [5, 5.41) is 5.45. The Bertz CT molecular complexity index is 480. The molecule has 0 radical (unpaired) electrons. The Hall–Kier alpha value is -2.04. The van der Waals surface area contributed by atoms with Crippen molar-refractivity contribution in [1.29, 1.82) is 0 Å². The van der Waals surface area contributed by atoms with Gasteiger partial charge < -0.3 is 16.4 Å². The monoisotopic (exact) mass is 247 g/mol. The number of nitrogens with two attached hydrogens (primary N) is 1. The first-order valence-electron chi connectivity index (χ1n) is 5.86. The van der Waals surface area contributed by atoms with E-state index in [0.717, 1.165) is 5.56 Å². The molecule has 1 aliphatic rings. The Kier molecular flexibility index (Phi) is 2.98. The summed E-state index contributed by atoms with van der Waals surface area (Å²) in [5.74, 6) is -0.320. The molecular weight excluding hydrogens is 230 g/mol. The average molecular weight is 247 g/mol. The molecule has 0 spiro atoms. The van der Waals surface area contributed by atoms with Crippen LogP contribution in [0.3, 0.4) is 0 Å². The van der Waals surface area contributed by atoms with E-state index in [0.29, 0.717) is 12.1 Å². The molecule has 5 heteroatoms. The summed E-state index contributed by atoms with van der Waals surface area (Å²) in [6, 6.07) is 6.75. The van der Waals surface area contributed by atoms with Crippen LogP contribution in [-0.4, -0.2) is 23.4 Å². The molecule has 2 rings (SSSR count). The molecule has 1 saturated heterocycles. The molecule has 1 unspecified atom stereocenters. The summed E-state index contributed by atoms with van der Waals surface area (Å²) in [7, 11) is 0. The SMILES string of the molecule is CC1(C)NC(=O)C(Cc2ccc(N)cc2)NC1=O. The number of benzene rings is 1. The van der Waals surface area contributed by atoms with Gasteiger partial charge in [-0.05, 0) is 31.5 Å². The van der Waals surface area contributed by atoms with Gasteiger partial charge in [-0.1, -0.05) is 12.1 Å². The van der Waals surface area contributed by atoms with Crippen LogP contribution in [0.1, 0.15) is 19.4 Å². The lowest BCUT2D eigenvalue weighted by Gasteiger charge is -2.34. The van der Waals surface area contributed by atoms with Gasteiger partial charge in [0.05, 0.1) is 0 Å². The van der Waals surface area contributed by atoms with Crippen LogP contribution < -0.4 is 16.4 Å². The zero-order valence-corrected chi connectivity index (χ0v) is 10.5. The lowest BCUT2D eigenvalue weighted by Crippen LogP contribution is -2.67. The number of carbonyl (C=O) groups is 2. The van der Waals surface area contributed by atoms with Gasteiger partial charge in [0.2, 0.25) is 11.8 Å². The van der Waals surface area contributed by atoms with Crippen LogP contribution >= 0.6 is 0 Å². The summed E-state index contributed by atoms with van der Waals surface area (Å²) in [5.41, 5.74) is 6.40. The van der Waals surface area contributed by atoms with Crippen molar-refractivity contribution in [3.05, 3.63) is 29.8 Å². The molecule has 0 saturated carbocycles. The molecule has 0 aromatic heterocycles. The van der Waals surface area contributed by atoms with Crippen LogP contribution in [0.2, 0.25) is 0 Å². The first-order valence-corrected chi connectivity index (χ1v) is 5.86. The highest BCUT2D eigenvalue weighted by Crippen LogP contribution is 2.13. The number of amides is 2. The first kappa shape index (κ1) is 12.4. The molecule has 18 heavy (non-hydrogen) atoms. The Labute approximate surface area is 106 Å². The summed E-state index contributed by atoms with van der Waals surface area (Å²) in [6.07, 6.45) is 0.466. The smallest absolute Gasteiger partial charge is 0.245 e. The average Bonchev–Trinajstić information content (AvgIpc) is 2.28. The molecule has 1 aromatic rings. The Morgan fingerprint density at radius 3 is 2.44 bits per heavy atom. The van der Waals surface area contributed by atoms with Crippen molar-refractivity contribution >= 4 is 17.5 Å². The van der Waals surface area contributed by atoms with E-state index in [-0.39, 0.29) is 11.8 Å². The second kappa shape index (κ2) is 4.33. The van der Waals surface area contributed by atoms with Crippen LogP contribution in [0, 0.1) is 0 Å². The minimum Gasteiger partial charge on any atom is -0.399 e. The van der Waals surface area contributed by atoms with Crippen LogP contribution in [0.15, 0.2) is 24.3 Å². The molecule has 1 heterocycles. The van der Waals surface area contributed by atoms with Crippen molar-refractivity contribution in [2.45, 2.75) is 31.8 Å². The van der Waals surface area contributed by atoms with Gasteiger partial charge in [-0.15, -0.1) is 0 Å². The number of hydrogen-bond acceptors (Lipinski definition) is 3. The second-order valence-electron chi connectivity index (χ2n) is 5.09. The highest BCUT2D eigenvalue weighted by atomic mass is 16.2. The van der Waals surface area contributed by atoms with E-state index in [9.17, 15) is 9.59 Å².